The maximum absolute atomic E-state index is 12.9. The number of hydrogen-bond acceptors (Lipinski definition) is 6. The molecule has 4 rings (SSSR count). The van der Waals surface area contributed by atoms with E-state index in [4.69, 9.17) is 10.3 Å². The van der Waals surface area contributed by atoms with Gasteiger partial charge in [-0.2, -0.15) is 0 Å². The predicted octanol–water partition coefficient (Wildman–Crippen LogP) is 4.76. The zero-order valence-corrected chi connectivity index (χ0v) is 22.9. The first-order valence-corrected chi connectivity index (χ1v) is 14.3. The second-order valence-corrected chi connectivity index (χ2v) is 11.0. The van der Waals surface area contributed by atoms with Gasteiger partial charge in [0.05, 0.1) is 11.4 Å². The van der Waals surface area contributed by atoms with E-state index in [-0.39, 0.29) is 11.6 Å². The van der Waals surface area contributed by atoms with Gasteiger partial charge < -0.3 is 14.8 Å². The number of amides is 1. The molecule has 0 radical (unpaired) electrons. The van der Waals surface area contributed by atoms with Crippen molar-refractivity contribution >= 4 is 21.7 Å². The Morgan fingerprint density at radius 3 is 2.39 bits per heavy atom. The number of nitrogens with one attached hydrogen (secondary N) is 1. The SMILES string of the molecule is CCCc1nc(CC)c(C(N)=O)n1Cc1ccc(-c2ccccc2CS(=O)(=O)Nc2noc(C)c2C)cc1. The Morgan fingerprint density at radius 2 is 1.79 bits per heavy atom. The fourth-order valence-corrected chi connectivity index (χ4v) is 5.68. The molecule has 0 atom stereocenters. The number of primary amides is 1. The zero-order chi connectivity index (χ0) is 27.4. The molecule has 0 aliphatic carbocycles. The minimum atomic E-state index is -3.73. The molecule has 1 amide bonds. The van der Waals surface area contributed by atoms with E-state index in [1.807, 2.05) is 54.0 Å². The third-order valence-corrected chi connectivity index (χ3v) is 7.73. The average molecular weight is 536 g/mol. The number of benzene rings is 2. The van der Waals surface area contributed by atoms with E-state index in [0.717, 1.165) is 41.1 Å². The standard InChI is InChI=1S/C28H33N5O4S/c1-5-9-25-30-24(6-2)26(27(29)34)33(25)16-20-12-14-21(15-13-20)23-11-8-7-10-22(23)17-38(35,36)32-28-18(3)19(4)37-31-28/h7-8,10-15H,5-6,9,16-17H2,1-4H3,(H2,29,34)(H,31,32). The minimum Gasteiger partial charge on any atom is -0.364 e. The molecule has 0 unspecified atom stereocenters. The lowest BCUT2D eigenvalue weighted by Gasteiger charge is -2.13. The number of carbonyl (C=O) groups is 1. The van der Waals surface area contributed by atoms with E-state index in [1.54, 1.807) is 19.9 Å². The summed E-state index contributed by atoms with van der Waals surface area (Å²) in [6, 6.07) is 15.3. The molecule has 0 saturated heterocycles. The molecule has 0 saturated carbocycles. The first-order valence-electron chi connectivity index (χ1n) is 12.6. The van der Waals surface area contributed by atoms with Crippen molar-refractivity contribution in [2.75, 3.05) is 4.72 Å². The highest BCUT2D eigenvalue weighted by atomic mass is 32.2. The monoisotopic (exact) mass is 535 g/mol. The van der Waals surface area contributed by atoms with Crippen LogP contribution < -0.4 is 10.5 Å². The van der Waals surface area contributed by atoms with Crippen LogP contribution in [0.4, 0.5) is 5.82 Å². The zero-order valence-electron chi connectivity index (χ0n) is 22.1. The van der Waals surface area contributed by atoms with Crippen LogP contribution in [-0.2, 0) is 35.2 Å². The molecule has 4 aromatic rings. The number of hydrogen-bond donors (Lipinski definition) is 2. The topological polar surface area (TPSA) is 133 Å². The number of imidazole rings is 1. The molecular weight excluding hydrogens is 502 g/mol. The van der Waals surface area contributed by atoms with Gasteiger partial charge in [-0.05, 0) is 48.9 Å². The summed E-state index contributed by atoms with van der Waals surface area (Å²) in [7, 11) is -3.73. The lowest BCUT2D eigenvalue weighted by molar-refractivity contribution is 0.0990. The molecule has 2 aromatic heterocycles. The molecule has 0 bridgehead atoms. The first kappa shape index (κ1) is 27.1. The van der Waals surface area contributed by atoms with E-state index in [0.29, 0.717) is 35.5 Å². The molecular formula is C28H33N5O4S. The number of nitrogens with zero attached hydrogens (tertiary/aromatic N) is 3. The van der Waals surface area contributed by atoms with Crippen molar-refractivity contribution < 1.29 is 17.7 Å². The van der Waals surface area contributed by atoms with Crippen LogP contribution in [0.3, 0.4) is 0 Å². The molecule has 0 aliphatic rings. The van der Waals surface area contributed by atoms with Gasteiger partial charge in [0, 0.05) is 18.5 Å². The summed E-state index contributed by atoms with van der Waals surface area (Å²) in [6.45, 7) is 7.99. The fourth-order valence-electron chi connectivity index (χ4n) is 4.46. The maximum Gasteiger partial charge on any atom is 0.267 e. The van der Waals surface area contributed by atoms with Gasteiger partial charge in [0.25, 0.3) is 5.91 Å². The molecule has 38 heavy (non-hydrogen) atoms. The summed E-state index contributed by atoms with van der Waals surface area (Å²) >= 11 is 0. The fraction of sp³-hybridized carbons (Fsp3) is 0.321. The lowest BCUT2D eigenvalue weighted by atomic mass is 9.99. The Bertz CT molecular complexity index is 1550. The Balaban J connectivity index is 1.59. The molecule has 0 aliphatic heterocycles. The Hall–Kier alpha value is -3.92. The largest absolute Gasteiger partial charge is 0.364 e. The lowest BCUT2D eigenvalue weighted by Crippen LogP contribution is -2.20. The summed E-state index contributed by atoms with van der Waals surface area (Å²) in [5, 5.41) is 3.81. The van der Waals surface area contributed by atoms with Crippen molar-refractivity contribution in [3.8, 4) is 11.1 Å². The van der Waals surface area contributed by atoms with Crippen LogP contribution in [-0.4, -0.2) is 29.0 Å². The average Bonchev–Trinajstić information content (AvgIpc) is 3.39. The summed E-state index contributed by atoms with van der Waals surface area (Å²) in [4.78, 5) is 16.9. The van der Waals surface area contributed by atoms with E-state index < -0.39 is 15.9 Å². The second kappa shape index (κ2) is 11.2. The number of rotatable bonds is 11. The Labute approximate surface area is 223 Å². The van der Waals surface area contributed by atoms with Gasteiger partial charge >= 0.3 is 0 Å². The highest BCUT2D eigenvalue weighted by molar-refractivity contribution is 7.91. The van der Waals surface area contributed by atoms with Crippen molar-refractivity contribution in [1.29, 1.82) is 0 Å². The van der Waals surface area contributed by atoms with Gasteiger partial charge in [-0.25, -0.2) is 13.4 Å². The van der Waals surface area contributed by atoms with Crippen molar-refractivity contribution in [2.24, 2.45) is 5.73 Å². The van der Waals surface area contributed by atoms with Crippen molar-refractivity contribution in [3.05, 3.63) is 88.2 Å². The normalized spacial score (nSPS) is 11.6. The molecule has 3 N–H and O–H groups in total. The van der Waals surface area contributed by atoms with Crippen LogP contribution >= 0.6 is 0 Å². The highest BCUT2D eigenvalue weighted by Crippen LogP contribution is 2.27. The van der Waals surface area contributed by atoms with Gasteiger partial charge in [0.2, 0.25) is 10.0 Å². The maximum atomic E-state index is 12.9. The Kier molecular flexibility index (Phi) is 8.01. The quantitative estimate of drug-likeness (QED) is 0.284. The van der Waals surface area contributed by atoms with Crippen LogP contribution in [0.5, 0.6) is 0 Å². The highest BCUT2D eigenvalue weighted by Gasteiger charge is 2.21. The predicted molar refractivity (Wildman–Crippen MR) is 147 cm³/mol. The Morgan fingerprint density at radius 1 is 1.08 bits per heavy atom. The van der Waals surface area contributed by atoms with Crippen LogP contribution in [0.1, 0.15) is 64.7 Å². The minimum absolute atomic E-state index is 0.202. The first-order chi connectivity index (χ1) is 18.1. The number of sulfonamides is 1. The molecule has 9 nitrogen and oxygen atoms in total. The van der Waals surface area contributed by atoms with E-state index >= 15 is 0 Å². The molecule has 2 heterocycles. The van der Waals surface area contributed by atoms with Crippen LogP contribution in [0.25, 0.3) is 11.1 Å². The molecule has 2 aromatic carbocycles. The van der Waals surface area contributed by atoms with Crippen molar-refractivity contribution in [3.63, 3.8) is 0 Å². The summed E-state index contributed by atoms with van der Waals surface area (Å²) in [5.74, 6) is 0.922. The molecule has 10 heteroatoms. The number of aromatic nitrogens is 3. The number of nitrogens with two attached hydrogens (primary N) is 1. The molecule has 200 valence electrons. The van der Waals surface area contributed by atoms with E-state index in [1.165, 1.54) is 0 Å². The third-order valence-electron chi connectivity index (χ3n) is 6.54. The summed E-state index contributed by atoms with van der Waals surface area (Å²) in [6.07, 6.45) is 2.29. The second-order valence-electron chi connectivity index (χ2n) is 9.30. The van der Waals surface area contributed by atoms with Crippen molar-refractivity contribution in [1.82, 2.24) is 14.7 Å². The van der Waals surface area contributed by atoms with Crippen LogP contribution in [0, 0.1) is 13.8 Å². The number of anilines is 1. The van der Waals surface area contributed by atoms with Crippen LogP contribution in [0.15, 0.2) is 53.1 Å². The van der Waals surface area contributed by atoms with Gasteiger partial charge in [0.15, 0.2) is 5.82 Å². The van der Waals surface area contributed by atoms with Crippen molar-refractivity contribution in [2.45, 2.75) is 59.3 Å². The number of aryl methyl sites for hydroxylation is 3. The van der Waals surface area contributed by atoms with Crippen LogP contribution in [0.2, 0.25) is 0 Å². The molecule has 0 spiro atoms. The van der Waals surface area contributed by atoms with Gasteiger partial charge in [0.1, 0.15) is 17.3 Å². The molecule has 0 fully saturated rings. The van der Waals surface area contributed by atoms with Gasteiger partial charge in [-0.3, -0.25) is 9.52 Å². The van der Waals surface area contributed by atoms with Gasteiger partial charge in [-0.1, -0.05) is 67.5 Å². The third kappa shape index (κ3) is 5.80. The van der Waals surface area contributed by atoms with E-state index in [2.05, 4.69) is 21.8 Å². The van der Waals surface area contributed by atoms with E-state index in [9.17, 15) is 13.2 Å². The summed E-state index contributed by atoms with van der Waals surface area (Å²) < 4.78 is 35.4. The smallest absolute Gasteiger partial charge is 0.267 e. The number of carbonyl (C=O) groups excluding carboxylic acids is 1. The summed E-state index contributed by atoms with van der Waals surface area (Å²) in [5.41, 5.74) is 10.9. The van der Waals surface area contributed by atoms with Gasteiger partial charge in [-0.15, -0.1) is 0 Å².